The van der Waals surface area contributed by atoms with Crippen LogP contribution in [0.5, 0.6) is 0 Å². The number of hydrogen-bond acceptors (Lipinski definition) is 3. The topological polar surface area (TPSA) is 52.6 Å². The first kappa shape index (κ1) is 14.9. The number of hydrogen-bond donors (Lipinski definition) is 2. The van der Waals surface area contributed by atoms with E-state index in [2.05, 4.69) is 5.32 Å². The molecule has 110 valence electrons. The van der Waals surface area contributed by atoms with Crippen molar-refractivity contribution >= 4 is 11.6 Å². The highest BCUT2D eigenvalue weighted by Crippen LogP contribution is 2.27. The zero-order valence-corrected chi connectivity index (χ0v) is 11.9. The van der Waals surface area contributed by atoms with Gasteiger partial charge in [0.05, 0.1) is 12.6 Å². The molecule has 1 aliphatic rings. The number of anilines is 1. The second-order valence-electron chi connectivity index (χ2n) is 5.70. The number of halogens is 1. The third kappa shape index (κ3) is 4.02. The van der Waals surface area contributed by atoms with Crippen LogP contribution in [0.15, 0.2) is 18.2 Å². The van der Waals surface area contributed by atoms with Gasteiger partial charge in [-0.05, 0) is 50.4 Å². The molecule has 1 amide bonds. The number of carbonyl (C=O) groups is 1. The van der Waals surface area contributed by atoms with Crippen LogP contribution in [0.2, 0.25) is 0 Å². The van der Waals surface area contributed by atoms with Gasteiger partial charge in [0.25, 0.3) is 0 Å². The summed E-state index contributed by atoms with van der Waals surface area (Å²) in [5, 5.41) is 11.9. The number of benzene rings is 1. The van der Waals surface area contributed by atoms with Crippen LogP contribution in [0.1, 0.15) is 18.4 Å². The van der Waals surface area contributed by atoms with Gasteiger partial charge in [-0.25, -0.2) is 4.39 Å². The molecule has 1 fully saturated rings. The number of carbonyl (C=O) groups excluding carboxylic acids is 1. The lowest BCUT2D eigenvalue weighted by molar-refractivity contribution is -0.117. The number of likely N-dealkylation sites (N-methyl/N-ethyl adjacent to an activating group) is 1. The largest absolute Gasteiger partial charge is 0.393 e. The maximum atomic E-state index is 13.4. The minimum absolute atomic E-state index is 0.157. The molecule has 1 aromatic carbocycles. The summed E-state index contributed by atoms with van der Waals surface area (Å²) in [5.74, 6) is -0.00476. The van der Waals surface area contributed by atoms with E-state index in [1.165, 1.54) is 6.07 Å². The van der Waals surface area contributed by atoms with E-state index in [-0.39, 0.29) is 24.4 Å². The molecular formula is C15H21FN2O2. The molecule has 0 spiro atoms. The predicted octanol–water partition coefficient (Wildman–Crippen LogP) is 1.78. The Kier molecular flexibility index (Phi) is 4.73. The van der Waals surface area contributed by atoms with Gasteiger partial charge < -0.3 is 10.4 Å². The van der Waals surface area contributed by atoms with E-state index in [9.17, 15) is 14.3 Å². The molecule has 0 bridgehead atoms. The Morgan fingerprint density at radius 2 is 2.20 bits per heavy atom. The normalized spacial score (nSPS) is 21.6. The summed E-state index contributed by atoms with van der Waals surface area (Å²) in [4.78, 5) is 13.8. The lowest BCUT2D eigenvalue weighted by atomic mass is 9.82. The molecule has 0 aliphatic heterocycles. The Morgan fingerprint density at radius 1 is 1.50 bits per heavy atom. The van der Waals surface area contributed by atoms with Crippen LogP contribution < -0.4 is 5.32 Å². The quantitative estimate of drug-likeness (QED) is 0.864. The molecule has 2 rings (SSSR count). The molecule has 0 saturated heterocycles. The molecule has 1 saturated carbocycles. The molecule has 0 atom stereocenters. The highest BCUT2D eigenvalue weighted by atomic mass is 19.1. The molecule has 2 N–H and O–H groups in total. The lowest BCUT2D eigenvalue weighted by Crippen LogP contribution is -2.39. The molecule has 0 aromatic heterocycles. The number of aryl methyl sites for hydroxylation is 1. The van der Waals surface area contributed by atoms with Gasteiger partial charge in [-0.1, -0.05) is 6.07 Å². The van der Waals surface area contributed by atoms with E-state index in [4.69, 9.17) is 0 Å². The summed E-state index contributed by atoms with van der Waals surface area (Å²) >= 11 is 0. The number of aliphatic hydroxyl groups is 1. The van der Waals surface area contributed by atoms with E-state index in [0.29, 0.717) is 17.2 Å². The van der Waals surface area contributed by atoms with Crippen LogP contribution in [-0.2, 0) is 4.79 Å². The average molecular weight is 280 g/mol. The molecule has 1 aliphatic carbocycles. The van der Waals surface area contributed by atoms with Gasteiger partial charge in [-0.3, -0.25) is 9.69 Å². The molecule has 0 unspecified atom stereocenters. The molecule has 4 nitrogen and oxygen atoms in total. The summed E-state index contributed by atoms with van der Waals surface area (Å²) in [6.45, 7) is 2.75. The Balaban J connectivity index is 1.78. The average Bonchev–Trinajstić information content (AvgIpc) is 2.31. The summed E-state index contributed by atoms with van der Waals surface area (Å²) < 4.78 is 13.4. The van der Waals surface area contributed by atoms with Crippen molar-refractivity contribution in [3.05, 3.63) is 29.6 Å². The second-order valence-corrected chi connectivity index (χ2v) is 5.70. The Bertz CT molecular complexity index is 487. The third-order valence-electron chi connectivity index (χ3n) is 3.65. The van der Waals surface area contributed by atoms with E-state index >= 15 is 0 Å². The fraction of sp³-hybridized carbons (Fsp3) is 0.533. The number of nitrogens with one attached hydrogen (secondary N) is 1. The van der Waals surface area contributed by atoms with Gasteiger partial charge in [0.1, 0.15) is 5.82 Å². The monoisotopic (exact) mass is 280 g/mol. The van der Waals surface area contributed by atoms with Gasteiger partial charge in [-0.15, -0.1) is 0 Å². The van der Waals surface area contributed by atoms with Gasteiger partial charge in [-0.2, -0.15) is 0 Å². The zero-order valence-electron chi connectivity index (χ0n) is 11.9. The van der Waals surface area contributed by atoms with Crippen LogP contribution in [0.25, 0.3) is 0 Å². The first-order valence-electron chi connectivity index (χ1n) is 6.86. The van der Waals surface area contributed by atoms with E-state index in [0.717, 1.165) is 19.4 Å². The molecule has 0 radical (unpaired) electrons. The summed E-state index contributed by atoms with van der Waals surface area (Å²) in [5.41, 5.74) is 1.04. The van der Waals surface area contributed by atoms with E-state index in [1.54, 1.807) is 19.1 Å². The number of aliphatic hydroxyl groups excluding tert-OH is 1. The fourth-order valence-electron chi connectivity index (χ4n) is 2.47. The summed E-state index contributed by atoms with van der Waals surface area (Å²) in [7, 11) is 1.88. The molecule has 5 heteroatoms. The van der Waals surface area contributed by atoms with Gasteiger partial charge >= 0.3 is 0 Å². The van der Waals surface area contributed by atoms with Crippen molar-refractivity contribution in [3.8, 4) is 0 Å². The van der Waals surface area contributed by atoms with Crippen molar-refractivity contribution in [2.45, 2.75) is 25.9 Å². The molecular weight excluding hydrogens is 259 g/mol. The Hall–Kier alpha value is -1.46. The third-order valence-corrected chi connectivity index (χ3v) is 3.65. The standard InChI is InChI=1S/C15H21FN2O2/c1-10-3-4-12(7-14(10)16)17-15(20)9-18(2)8-11-5-13(19)6-11/h3-4,7,11,13,19H,5-6,8-9H2,1-2H3,(H,17,20). The van der Waals surface area contributed by atoms with Crippen molar-refractivity contribution in [1.29, 1.82) is 0 Å². The predicted molar refractivity (Wildman–Crippen MR) is 76.0 cm³/mol. The molecule has 20 heavy (non-hydrogen) atoms. The van der Waals surface area contributed by atoms with Crippen molar-refractivity contribution in [2.24, 2.45) is 5.92 Å². The van der Waals surface area contributed by atoms with Crippen molar-refractivity contribution in [3.63, 3.8) is 0 Å². The van der Waals surface area contributed by atoms with Crippen LogP contribution in [-0.4, -0.2) is 42.2 Å². The summed E-state index contributed by atoms with van der Waals surface area (Å²) in [6.07, 6.45) is 1.46. The first-order valence-corrected chi connectivity index (χ1v) is 6.86. The SMILES string of the molecule is Cc1ccc(NC(=O)CN(C)CC2CC(O)C2)cc1F. The van der Waals surface area contributed by atoms with Crippen molar-refractivity contribution in [1.82, 2.24) is 4.90 Å². The fourth-order valence-corrected chi connectivity index (χ4v) is 2.47. The maximum Gasteiger partial charge on any atom is 0.238 e. The molecule has 0 heterocycles. The van der Waals surface area contributed by atoms with Crippen LogP contribution in [0, 0.1) is 18.7 Å². The minimum atomic E-state index is -0.320. The van der Waals surface area contributed by atoms with Crippen LogP contribution >= 0.6 is 0 Å². The second kappa shape index (κ2) is 6.33. The smallest absolute Gasteiger partial charge is 0.238 e. The number of rotatable bonds is 5. The molecule has 1 aromatic rings. The van der Waals surface area contributed by atoms with Gasteiger partial charge in [0.15, 0.2) is 0 Å². The Morgan fingerprint density at radius 3 is 2.80 bits per heavy atom. The lowest BCUT2D eigenvalue weighted by Gasteiger charge is -2.34. The van der Waals surface area contributed by atoms with E-state index < -0.39 is 0 Å². The minimum Gasteiger partial charge on any atom is -0.393 e. The van der Waals surface area contributed by atoms with Gasteiger partial charge in [0.2, 0.25) is 5.91 Å². The zero-order chi connectivity index (χ0) is 14.7. The van der Waals surface area contributed by atoms with Gasteiger partial charge in [0, 0.05) is 12.2 Å². The highest BCUT2D eigenvalue weighted by molar-refractivity contribution is 5.92. The Labute approximate surface area is 118 Å². The number of amides is 1. The first-order chi connectivity index (χ1) is 9.44. The van der Waals surface area contributed by atoms with Crippen molar-refractivity contribution < 1.29 is 14.3 Å². The highest BCUT2D eigenvalue weighted by Gasteiger charge is 2.28. The summed E-state index contributed by atoms with van der Waals surface area (Å²) in [6, 6.07) is 4.67. The van der Waals surface area contributed by atoms with Crippen LogP contribution in [0.4, 0.5) is 10.1 Å². The van der Waals surface area contributed by atoms with Crippen LogP contribution in [0.3, 0.4) is 0 Å². The number of nitrogens with zero attached hydrogens (tertiary/aromatic N) is 1. The van der Waals surface area contributed by atoms with Crippen molar-refractivity contribution in [2.75, 3.05) is 25.5 Å². The van der Waals surface area contributed by atoms with E-state index in [1.807, 2.05) is 11.9 Å². The maximum absolute atomic E-state index is 13.4.